The maximum absolute atomic E-state index is 10.9. The third-order valence-corrected chi connectivity index (χ3v) is 3.74. The second-order valence-corrected chi connectivity index (χ2v) is 4.90. The molecule has 1 saturated heterocycles. The molecular weight excluding hydrogens is 234 g/mol. The molecule has 7 heteroatoms. The van der Waals surface area contributed by atoms with Gasteiger partial charge < -0.3 is 15.7 Å². The van der Waals surface area contributed by atoms with Crippen LogP contribution in [0.1, 0.15) is 35.9 Å². The lowest BCUT2D eigenvalue weighted by Gasteiger charge is -2.33. The fourth-order valence-corrected chi connectivity index (χ4v) is 2.86. The number of nitrogens with one attached hydrogen (secondary N) is 2. The van der Waals surface area contributed by atoms with Crippen LogP contribution in [0.2, 0.25) is 0 Å². The Hall–Kier alpha value is -1.63. The number of carboxylic acids is 1. The number of carboxylic acid groups (broad SMARTS) is 1. The lowest BCUT2D eigenvalue weighted by Crippen LogP contribution is -2.38. The fourth-order valence-electron chi connectivity index (χ4n) is 2.86. The van der Waals surface area contributed by atoms with Crippen molar-refractivity contribution in [2.75, 3.05) is 25.0 Å². The monoisotopic (exact) mass is 251 g/mol. The molecule has 3 heterocycles. The zero-order valence-corrected chi connectivity index (χ0v) is 10.1. The lowest BCUT2D eigenvalue weighted by molar-refractivity contribution is 0.0682. The van der Waals surface area contributed by atoms with Crippen LogP contribution in [0.5, 0.6) is 0 Å². The van der Waals surface area contributed by atoms with Gasteiger partial charge in [0.25, 0.3) is 5.82 Å². The van der Waals surface area contributed by atoms with E-state index in [9.17, 15) is 4.79 Å². The van der Waals surface area contributed by atoms with E-state index in [4.69, 9.17) is 5.11 Å². The zero-order valence-electron chi connectivity index (χ0n) is 10.1. The summed E-state index contributed by atoms with van der Waals surface area (Å²) in [6.07, 6.45) is 3.31. The van der Waals surface area contributed by atoms with Gasteiger partial charge in [-0.25, -0.2) is 9.48 Å². The molecule has 1 aromatic rings. The van der Waals surface area contributed by atoms with Crippen molar-refractivity contribution in [3.05, 3.63) is 5.82 Å². The van der Waals surface area contributed by atoms with E-state index in [1.165, 1.54) is 12.8 Å². The Bertz CT molecular complexity index is 452. The van der Waals surface area contributed by atoms with E-state index in [0.717, 1.165) is 26.1 Å². The predicted octanol–water partition coefficient (Wildman–Crippen LogP) is 0.333. The van der Waals surface area contributed by atoms with Crippen LogP contribution in [-0.4, -0.2) is 45.5 Å². The number of carbonyl (C=O) groups is 1. The summed E-state index contributed by atoms with van der Waals surface area (Å²) in [5, 5.41) is 19.6. The minimum Gasteiger partial charge on any atom is -0.475 e. The molecule has 0 spiro atoms. The zero-order chi connectivity index (χ0) is 12.5. The highest BCUT2D eigenvalue weighted by Crippen LogP contribution is 2.31. The normalized spacial score (nSPS) is 27.3. The number of aromatic nitrogens is 3. The van der Waals surface area contributed by atoms with Gasteiger partial charge in [-0.05, 0) is 38.3 Å². The first-order valence-corrected chi connectivity index (χ1v) is 6.40. The molecule has 0 aromatic carbocycles. The molecule has 0 radical (unpaired) electrons. The van der Waals surface area contributed by atoms with Crippen LogP contribution in [0.4, 0.5) is 5.95 Å². The molecule has 0 bridgehead atoms. The van der Waals surface area contributed by atoms with Crippen LogP contribution in [0.15, 0.2) is 0 Å². The summed E-state index contributed by atoms with van der Waals surface area (Å²) in [4.78, 5) is 14.9. The highest BCUT2D eigenvalue weighted by Gasteiger charge is 2.31. The average molecular weight is 251 g/mol. The molecular formula is C11H17N5O2. The van der Waals surface area contributed by atoms with Crippen molar-refractivity contribution in [1.82, 2.24) is 20.1 Å². The van der Waals surface area contributed by atoms with Crippen LogP contribution < -0.4 is 10.6 Å². The van der Waals surface area contributed by atoms with Gasteiger partial charge >= 0.3 is 5.97 Å². The van der Waals surface area contributed by atoms with Crippen molar-refractivity contribution in [2.45, 2.75) is 25.3 Å². The molecule has 7 nitrogen and oxygen atoms in total. The second-order valence-electron chi connectivity index (χ2n) is 4.90. The molecule has 1 fully saturated rings. The first kappa shape index (κ1) is 11.5. The van der Waals surface area contributed by atoms with Crippen molar-refractivity contribution in [3.63, 3.8) is 0 Å². The maximum atomic E-state index is 10.9. The average Bonchev–Trinajstić information content (AvgIpc) is 2.83. The van der Waals surface area contributed by atoms with Gasteiger partial charge in [0, 0.05) is 6.54 Å². The van der Waals surface area contributed by atoms with Gasteiger partial charge in [-0.15, -0.1) is 5.10 Å². The molecule has 2 unspecified atom stereocenters. The minimum atomic E-state index is -1.07. The highest BCUT2D eigenvalue weighted by atomic mass is 16.4. The molecule has 98 valence electrons. The number of fused-ring (bicyclic) bond motifs is 1. The molecule has 3 rings (SSSR count). The van der Waals surface area contributed by atoms with Crippen molar-refractivity contribution in [3.8, 4) is 0 Å². The molecule has 0 amide bonds. The third kappa shape index (κ3) is 1.94. The number of hydrogen-bond donors (Lipinski definition) is 3. The van der Waals surface area contributed by atoms with Gasteiger partial charge in [0.05, 0.1) is 6.04 Å². The molecule has 2 atom stereocenters. The summed E-state index contributed by atoms with van der Waals surface area (Å²) in [6.45, 7) is 2.89. The number of piperidine rings is 1. The summed E-state index contributed by atoms with van der Waals surface area (Å²) in [5.41, 5.74) is 0. The predicted molar refractivity (Wildman–Crippen MR) is 64.7 cm³/mol. The largest absolute Gasteiger partial charge is 0.475 e. The van der Waals surface area contributed by atoms with E-state index in [1.807, 2.05) is 0 Å². The van der Waals surface area contributed by atoms with Crippen LogP contribution in [0.3, 0.4) is 0 Å². The van der Waals surface area contributed by atoms with E-state index in [-0.39, 0.29) is 11.9 Å². The lowest BCUT2D eigenvalue weighted by atomic mass is 9.89. The topological polar surface area (TPSA) is 92.1 Å². The summed E-state index contributed by atoms with van der Waals surface area (Å²) in [5.74, 6) is -0.0791. The van der Waals surface area contributed by atoms with Crippen molar-refractivity contribution in [1.29, 1.82) is 0 Å². The summed E-state index contributed by atoms with van der Waals surface area (Å²) >= 11 is 0. The smallest absolute Gasteiger partial charge is 0.375 e. The Morgan fingerprint density at radius 2 is 2.28 bits per heavy atom. The summed E-state index contributed by atoms with van der Waals surface area (Å²) in [6, 6.07) is 0.259. The molecule has 0 saturated carbocycles. The first-order chi connectivity index (χ1) is 8.75. The standard InChI is InChI=1S/C11H17N5O2/c17-10(18)9-14-11-13-5-3-8(16(11)15-9)7-2-1-4-12-6-7/h7-8,12H,1-6H2,(H,17,18)(H,13,14,15). The van der Waals surface area contributed by atoms with Gasteiger partial charge in [-0.1, -0.05) is 0 Å². The molecule has 2 aliphatic rings. The van der Waals surface area contributed by atoms with Crippen molar-refractivity contribution < 1.29 is 9.90 Å². The second kappa shape index (κ2) is 4.56. The number of hydrogen-bond acceptors (Lipinski definition) is 5. The molecule has 1 aromatic heterocycles. The first-order valence-electron chi connectivity index (χ1n) is 6.40. The van der Waals surface area contributed by atoms with E-state index in [1.54, 1.807) is 4.68 Å². The van der Waals surface area contributed by atoms with Gasteiger partial charge in [-0.3, -0.25) is 0 Å². The third-order valence-electron chi connectivity index (χ3n) is 3.74. The van der Waals surface area contributed by atoms with Crippen LogP contribution in [-0.2, 0) is 0 Å². The van der Waals surface area contributed by atoms with E-state index in [0.29, 0.717) is 11.9 Å². The van der Waals surface area contributed by atoms with Crippen LogP contribution in [0, 0.1) is 5.92 Å². The van der Waals surface area contributed by atoms with Gasteiger partial charge in [-0.2, -0.15) is 4.98 Å². The number of anilines is 1. The van der Waals surface area contributed by atoms with E-state index < -0.39 is 5.97 Å². The molecule has 3 N–H and O–H groups in total. The number of nitrogens with zero attached hydrogens (tertiary/aromatic N) is 3. The highest BCUT2D eigenvalue weighted by molar-refractivity contribution is 5.83. The van der Waals surface area contributed by atoms with Crippen molar-refractivity contribution in [2.24, 2.45) is 5.92 Å². The number of aromatic carboxylic acids is 1. The van der Waals surface area contributed by atoms with Gasteiger partial charge in [0.15, 0.2) is 0 Å². The summed E-state index contributed by atoms with van der Waals surface area (Å²) in [7, 11) is 0. The van der Waals surface area contributed by atoms with Gasteiger partial charge in [0.2, 0.25) is 5.95 Å². The Balaban J connectivity index is 1.88. The van der Waals surface area contributed by atoms with E-state index in [2.05, 4.69) is 20.7 Å². The van der Waals surface area contributed by atoms with Gasteiger partial charge in [0.1, 0.15) is 0 Å². The Labute approximate surface area is 105 Å². The molecule has 2 aliphatic heterocycles. The molecule has 18 heavy (non-hydrogen) atoms. The SMILES string of the molecule is O=C(O)c1nc2n(n1)C(C1CCCNC1)CCN2. The van der Waals surface area contributed by atoms with E-state index >= 15 is 0 Å². The molecule has 0 aliphatic carbocycles. The number of rotatable bonds is 2. The fraction of sp³-hybridized carbons (Fsp3) is 0.727. The van der Waals surface area contributed by atoms with Crippen molar-refractivity contribution >= 4 is 11.9 Å². The minimum absolute atomic E-state index is 0.117. The quantitative estimate of drug-likeness (QED) is 0.701. The Kier molecular flexibility index (Phi) is 2.91. The Morgan fingerprint density at radius 3 is 3.00 bits per heavy atom. The maximum Gasteiger partial charge on any atom is 0.375 e. The van der Waals surface area contributed by atoms with Crippen LogP contribution in [0.25, 0.3) is 0 Å². The Morgan fingerprint density at radius 1 is 1.39 bits per heavy atom. The van der Waals surface area contributed by atoms with Crippen LogP contribution >= 0.6 is 0 Å². The summed E-state index contributed by atoms with van der Waals surface area (Å²) < 4.78 is 1.77.